The van der Waals surface area contributed by atoms with Crippen molar-refractivity contribution in [2.75, 3.05) is 0 Å². The average molecular weight is 223 g/mol. The summed E-state index contributed by atoms with van der Waals surface area (Å²) >= 11 is 5.70. The number of hydrogen-bond donors (Lipinski definition) is 1. The van der Waals surface area contributed by atoms with E-state index in [0.29, 0.717) is 10.6 Å². The van der Waals surface area contributed by atoms with Gasteiger partial charge < -0.3 is 0 Å². The summed E-state index contributed by atoms with van der Waals surface area (Å²) < 4.78 is 32.8. The second kappa shape index (κ2) is 4.06. The first-order valence-electron chi connectivity index (χ1n) is 3.34. The molecule has 0 bridgehead atoms. The Morgan fingerprint density at radius 1 is 1.38 bits per heavy atom. The van der Waals surface area contributed by atoms with E-state index in [4.69, 9.17) is 16.2 Å². The second-order valence-electron chi connectivity index (χ2n) is 2.28. The Labute approximate surface area is 81.1 Å². The van der Waals surface area contributed by atoms with Gasteiger partial charge in [-0.3, -0.25) is 4.55 Å². The molecule has 0 aromatic heterocycles. The molecular formula is C7H7ClO4S. The van der Waals surface area contributed by atoms with Gasteiger partial charge in [0.25, 0.3) is 0 Å². The second-order valence-corrected chi connectivity index (χ2v) is 3.78. The molecule has 0 radical (unpaired) electrons. The number of rotatable bonds is 3. The maximum atomic E-state index is 10.2. The lowest BCUT2D eigenvalue weighted by Gasteiger charge is -2.01. The SMILES string of the molecule is O=S(=O)(O)OCc1ccccc1Cl. The quantitative estimate of drug-likeness (QED) is 0.790. The highest BCUT2D eigenvalue weighted by Gasteiger charge is 2.06. The molecule has 0 aliphatic rings. The van der Waals surface area contributed by atoms with E-state index in [1.54, 1.807) is 24.3 Å². The summed E-state index contributed by atoms with van der Waals surface area (Å²) in [5.41, 5.74) is 0.502. The Balaban J connectivity index is 2.71. The third-order valence-electron chi connectivity index (χ3n) is 1.32. The van der Waals surface area contributed by atoms with Crippen LogP contribution in [0, 0.1) is 0 Å². The highest BCUT2D eigenvalue weighted by molar-refractivity contribution is 7.80. The van der Waals surface area contributed by atoms with Crippen LogP contribution in [0.1, 0.15) is 5.56 Å². The van der Waals surface area contributed by atoms with Crippen molar-refractivity contribution in [3.8, 4) is 0 Å². The van der Waals surface area contributed by atoms with Gasteiger partial charge in [0.05, 0.1) is 6.61 Å². The van der Waals surface area contributed by atoms with Crippen LogP contribution in [0.2, 0.25) is 5.02 Å². The van der Waals surface area contributed by atoms with E-state index in [1.807, 2.05) is 0 Å². The summed E-state index contributed by atoms with van der Waals surface area (Å²) in [6, 6.07) is 6.60. The normalized spacial score (nSPS) is 11.5. The highest BCUT2D eigenvalue weighted by Crippen LogP contribution is 2.16. The predicted octanol–water partition coefficient (Wildman–Crippen LogP) is 1.66. The van der Waals surface area contributed by atoms with Gasteiger partial charge in [-0.05, 0) is 11.6 Å². The van der Waals surface area contributed by atoms with Crippen molar-refractivity contribution in [2.45, 2.75) is 6.61 Å². The lowest BCUT2D eigenvalue weighted by Crippen LogP contribution is -2.03. The van der Waals surface area contributed by atoms with Crippen LogP contribution in [0.5, 0.6) is 0 Å². The van der Waals surface area contributed by atoms with Gasteiger partial charge in [0, 0.05) is 5.02 Å². The molecule has 0 atom stereocenters. The molecule has 72 valence electrons. The molecule has 0 fully saturated rings. The fourth-order valence-corrected chi connectivity index (χ4v) is 1.22. The number of benzene rings is 1. The first-order chi connectivity index (χ1) is 5.99. The lowest BCUT2D eigenvalue weighted by atomic mass is 10.2. The molecule has 1 aromatic carbocycles. The van der Waals surface area contributed by atoms with E-state index in [1.165, 1.54) is 0 Å². The van der Waals surface area contributed by atoms with Crippen LogP contribution < -0.4 is 0 Å². The molecule has 0 spiro atoms. The number of hydrogen-bond acceptors (Lipinski definition) is 3. The van der Waals surface area contributed by atoms with E-state index in [9.17, 15) is 8.42 Å². The summed E-state index contributed by atoms with van der Waals surface area (Å²) in [5.74, 6) is 0. The minimum atomic E-state index is -4.40. The van der Waals surface area contributed by atoms with E-state index < -0.39 is 10.4 Å². The Morgan fingerprint density at radius 2 is 2.00 bits per heavy atom. The van der Waals surface area contributed by atoms with Gasteiger partial charge in [0.1, 0.15) is 0 Å². The van der Waals surface area contributed by atoms with Crippen LogP contribution in [-0.2, 0) is 21.2 Å². The summed E-state index contributed by atoms with van der Waals surface area (Å²) in [5, 5.41) is 0.395. The van der Waals surface area contributed by atoms with Gasteiger partial charge in [-0.25, -0.2) is 4.18 Å². The van der Waals surface area contributed by atoms with Crippen molar-refractivity contribution in [3.63, 3.8) is 0 Å². The van der Waals surface area contributed by atoms with Crippen molar-refractivity contribution in [3.05, 3.63) is 34.9 Å². The van der Waals surface area contributed by atoms with Crippen molar-refractivity contribution < 1.29 is 17.2 Å². The molecule has 1 aromatic rings. The smallest absolute Gasteiger partial charge is 0.264 e. The molecule has 0 saturated carbocycles. The Kier molecular flexibility index (Phi) is 3.27. The molecule has 6 heteroatoms. The van der Waals surface area contributed by atoms with E-state index >= 15 is 0 Å². The van der Waals surface area contributed by atoms with E-state index in [-0.39, 0.29) is 6.61 Å². The van der Waals surface area contributed by atoms with Gasteiger partial charge in [0.15, 0.2) is 0 Å². The van der Waals surface area contributed by atoms with Crippen molar-refractivity contribution >= 4 is 22.0 Å². The summed E-state index contributed by atoms with van der Waals surface area (Å²) in [6.45, 7) is -0.265. The van der Waals surface area contributed by atoms with Crippen LogP contribution in [0.25, 0.3) is 0 Å². The van der Waals surface area contributed by atoms with Crippen LogP contribution >= 0.6 is 11.6 Å². The van der Waals surface area contributed by atoms with Gasteiger partial charge >= 0.3 is 10.4 Å². The molecular weight excluding hydrogens is 216 g/mol. The monoisotopic (exact) mass is 222 g/mol. The maximum Gasteiger partial charge on any atom is 0.397 e. The highest BCUT2D eigenvalue weighted by atomic mass is 35.5. The van der Waals surface area contributed by atoms with Crippen molar-refractivity contribution in [1.29, 1.82) is 0 Å². The molecule has 0 aliphatic heterocycles. The van der Waals surface area contributed by atoms with E-state index in [0.717, 1.165) is 0 Å². The number of halogens is 1. The predicted molar refractivity (Wildman–Crippen MR) is 47.8 cm³/mol. The van der Waals surface area contributed by atoms with Crippen LogP contribution in [-0.4, -0.2) is 13.0 Å². The van der Waals surface area contributed by atoms with Crippen molar-refractivity contribution in [2.24, 2.45) is 0 Å². The zero-order valence-electron chi connectivity index (χ0n) is 6.47. The first kappa shape index (κ1) is 10.5. The maximum absolute atomic E-state index is 10.2. The first-order valence-corrected chi connectivity index (χ1v) is 5.08. The molecule has 13 heavy (non-hydrogen) atoms. The lowest BCUT2D eigenvalue weighted by molar-refractivity contribution is 0.259. The Morgan fingerprint density at radius 3 is 2.54 bits per heavy atom. The molecule has 0 saturated heterocycles. The molecule has 0 amide bonds. The van der Waals surface area contributed by atoms with Crippen LogP contribution in [0.15, 0.2) is 24.3 Å². The zero-order valence-corrected chi connectivity index (χ0v) is 8.05. The zero-order chi connectivity index (χ0) is 9.90. The largest absolute Gasteiger partial charge is 0.397 e. The van der Waals surface area contributed by atoms with Crippen molar-refractivity contribution in [1.82, 2.24) is 0 Å². The fraction of sp³-hybridized carbons (Fsp3) is 0.143. The standard InChI is InChI=1S/C7H7ClO4S/c8-7-4-2-1-3-6(7)5-12-13(9,10)11/h1-4H,5H2,(H,9,10,11). The Hall–Kier alpha value is -0.620. The van der Waals surface area contributed by atoms with Gasteiger partial charge in [0.2, 0.25) is 0 Å². The minimum Gasteiger partial charge on any atom is -0.264 e. The van der Waals surface area contributed by atoms with Gasteiger partial charge in [-0.1, -0.05) is 29.8 Å². The third kappa shape index (κ3) is 3.73. The molecule has 1 rings (SSSR count). The fourth-order valence-electron chi connectivity index (χ4n) is 0.753. The third-order valence-corrected chi connectivity index (χ3v) is 2.11. The van der Waals surface area contributed by atoms with Crippen LogP contribution in [0.3, 0.4) is 0 Å². The van der Waals surface area contributed by atoms with Gasteiger partial charge in [-0.15, -0.1) is 0 Å². The molecule has 0 unspecified atom stereocenters. The molecule has 0 aliphatic carbocycles. The summed E-state index contributed by atoms with van der Waals surface area (Å²) in [7, 11) is -4.40. The molecule has 1 N–H and O–H groups in total. The molecule has 4 nitrogen and oxygen atoms in total. The topological polar surface area (TPSA) is 63.6 Å². The molecule has 0 heterocycles. The minimum absolute atomic E-state index is 0.265. The summed E-state index contributed by atoms with van der Waals surface area (Å²) in [4.78, 5) is 0. The van der Waals surface area contributed by atoms with E-state index in [2.05, 4.69) is 4.18 Å². The summed E-state index contributed by atoms with van der Waals surface area (Å²) in [6.07, 6.45) is 0. The van der Waals surface area contributed by atoms with Gasteiger partial charge in [-0.2, -0.15) is 8.42 Å². The Bertz CT molecular complexity index is 387. The van der Waals surface area contributed by atoms with Crippen LogP contribution in [0.4, 0.5) is 0 Å². The average Bonchev–Trinajstić information content (AvgIpc) is 2.01.